The molecule has 0 saturated carbocycles. The van der Waals surface area contributed by atoms with Crippen molar-refractivity contribution in [3.63, 3.8) is 0 Å². The van der Waals surface area contributed by atoms with Gasteiger partial charge in [-0.15, -0.1) is 0 Å². The molecule has 0 bridgehead atoms. The summed E-state index contributed by atoms with van der Waals surface area (Å²) < 4.78 is 68.7. The third kappa shape index (κ3) is 76.7. The van der Waals surface area contributed by atoms with E-state index in [1.807, 2.05) is 12.2 Å². The molecule has 19 heteroatoms. The van der Waals surface area contributed by atoms with Gasteiger partial charge < -0.3 is 33.8 Å². The molecule has 0 aromatic heterocycles. The van der Waals surface area contributed by atoms with Gasteiger partial charge in [0, 0.05) is 25.7 Å². The number of phosphoric ester groups is 2. The van der Waals surface area contributed by atoms with Crippen LogP contribution in [0.5, 0.6) is 0 Å². The fourth-order valence-electron chi connectivity index (χ4n) is 11.7. The van der Waals surface area contributed by atoms with E-state index in [2.05, 4.69) is 88.5 Å². The molecule has 0 amide bonds. The van der Waals surface area contributed by atoms with Crippen molar-refractivity contribution in [2.24, 2.45) is 0 Å². The topological polar surface area (TPSA) is 237 Å². The van der Waals surface area contributed by atoms with Crippen molar-refractivity contribution in [1.29, 1.82) is 0 Å². The van der Waals surface area contributed by atoms with Crippen LogP contribution >= 0.6 is 15.6 Å². The van der Waals surface area contributed by atoms with Crippen LogP contribution in [0, 0.1) is 0 Å². The number of hydrogen-bond donors (Lipinski definition) is 3. The molecule has 2 unspecified atom stereocenters. The molecule has 0 heterocycles. The monoisotopic (exact) mass is 1510 g/mol. The Hall–Kier alpha value is -3.50. The molecule has 0 aliphatic carbocycles. The molecule has 0 aromatic carbocycles. The van der Waals surface area contributed by atoms with E-state index in [1.54, 1.807) is 0 Å². The van der Waals surface area contributed by atoms with Gasteiger partial charge in [0.2, 0.25) is 0 Å². The number of carbonyl (C=O) groups is 4. The Balaban J connectivity index is 5.38. The first-order chi connectivity index (χ1) is 50.7. The molecule has 0 aromatic rings. The van der Waals surface area contributed by atoms with E-state index in [1.165, 1.54) is 186 Å². The highest BCUT2D eigenvalue weighted by molar-refractivity contribution is 7.47. The van der Waals surface area contributed by atoms with Gasteiger partial charge in [0.1, 0.15) is 19.3 Å². The summed E-state index contributed by atoms with van der Waals surface area (Å²) in [5, 5.41) is 10.7. The number of esters is 4. The zero-order valence-corrected chi connectivity index (χ0v) is 68.2. The molecule has 3 N–H and O–H groups in total. The zero-order valence-electron chi connectivity index (χ0n) is 66.5. The van der Waals surface area contributed by atoms with Crippen molar-refractivity contribution >= 4 is 39.5 Å². The molecule has 0 saturated heterocycles. The van der Waals surface area contributed by atoms with E-state index < -0.39 is 97.5 Å². The van der Waals surface area contributed by atoms with Crippen LogP contribution in [0.4, 0.5) is 0 Å². The zero-order chi connectivity index (χ0) is 76.0. The highest BCUT2D eigenvalue weighted by Gasteiger charge is 2.30. The average Bonchev–Trinajstić information content (AvgIpc) is 0.926. The van der Waals surface area contributed by atoms with Gasteiger partial charge in [0.05, 0.1) is 26.4 Å². The quantitative estimate of drug-likeness (QED) is 0.0169. The Morgan fingerprint density at radius 3 is 0.779 bits per heavy atom. The van der Waals surface area contributed by atoms with E-state index in [0.717, 1.165) is 116 Å². The maximum atomic E-state index is 13.1. The molecular formula is C85H154O17P2. The van der Waals surface area contributed by atoms with E-state index >= 15 is 0 Å². The Bertz CT molecular complexity index is 2250. The lowest BCUT2D eigenvalue weighted by Crippen LogP contribution is -2.30. The van der Waals surface area contributed by atoms with Crippen LogP contribution < -0.4 is 0 Å². The normalized spacial score (nSPS) is 14.2. The lowest BCUT2D eigenvalue weighted by Gasteiger charge is -2.21. The van der Waals surface area contributed by atoms with E-state index in [0.29, 0.717) is 32.1 Å². The number of aliphatic hydroxyl groups is 1. The van der Waals surface area contributed by atoms with E-state index in [9.17, 15) is 43.2 Å². The van der Waals surface area contributed by atoms with Crippen molar-refractivity contribution in [2.45, 2.75) is 406 Å². The second kappa shape index (κ2) is 77.7. The molecule has 17 nitrogen and oxygen atoms in total. The Kier molecular flexibility index (Phi) is 75.0. The molecule has 0 fully saturated rings. The highest BCUT2D eigenvalue weighted by atomic mass is 31.2. The SMILES string of the molecule is CCCCC/C=C\C/C=C\C/C=C\C/C=C\CCCC(=O)OC[C@H](COP(=O)(O)OC[C@H](O)COP(=O)(O)OC[C@@H](COC(=O)CCCCCCCCCCCCCCCCC)OC(=O)CCCCCCC/C=C\C/C=C\CCCCC)OC(=O)CCCCCCCCCCCCCCCCCCC. The summed E-state index contributed by atoms with van der Waals surface area (Å²) in [5.74, 6) is -2.22. The van der Waals surface area contributed by atoms with Crippen molar-refractivity contribution in [1.82, 2.24) is 0 Å². The second-order valence-electron chi connectivity index (χ2n) is 28.4. The molecule has 104 heavy (non-hydrogen) atoms. The molecule has 0 rings (SSSR count). The van der Waals surface area contributed by atoms with E-state index in [-0.39, 0.29) is 25.7 Å². The number of hydrogen-bond acceptors (Lipinski definition) is 15. The third-order valence-corrected chi connectivity index (χ3v) is 20.1. The number of allylic oxidation sites excluding steroid dienone is 12. The van der Waals surface area contributed by atoms with E-state index in [4.69, 9.17) is 37.0 Å². The molecule has 0 aliphatic heterocycles. The van der Waals surface area contributed by atoms with Gasteiger partial charge >= 0.3 is 39.5 Å². The fraction of sp³-hybridized carbons (Fsp3) is 0.812. The number of aliphatic hydroxyl groups excluding tert-OH is 1. The summed E-state index contributed by atoms with van der Waals surface area (Å²) in [5.41, 5.74) is 0. The summed E-state index contributed by atoms with van der Waals surface area (Å²) in [6.45, 7) is 4.84. The second-order valence-corrected chi connectivity index (χ2v) is 31.3. The number of phosphoric acid groups is 2. The maximum absolute atomic E-state index is 13.1. The van der Waals surface area contributed by atoms with Gasteiger partial charge in [-0.2, -0.15) is 0 Å². The smallest absolute Gasteiger partial charge is 0.462 e. The summed E-state index contributed by atoms with van der Waals surface area (Å²) in [6, 6.07) is 0. The summed E-state index contributed by atoms with van der Waals surface area (Å²) in [6.07, 6.45) is 80.1. The molecule has 606 valence electrons. The minimum atomic E-state index is -4.99. The molecule has 5 atom stereocenters. The summed E-state index contributed by atoms with van der Waals surface area (Å²) >= 11 is 0. The minimum Gasteiger partial charge on any atom is -0.462 e. The van der Waals surface area contributed by atoms with Gasteiger partial charge in [0.25, 0.3) is 0 Å². The number of rotatable bonds is 80. The molecule has 0 radical (unpaired) electrons. The predicted octanol–water partition coefficient (Wildman–Crippen LogP) is 24.8. The van der Waals surface area contributed by atoms with Gasteiger partial charge in [-0.25, -0.2) is 9.13 Å². The van der Waals surface area contributed by atoms with Crippen LogP contribution in [0.2, 0.25) is 0 Å². The first-order valence-corrected chi connectivity index (χ1v) is 45.2. The Labute approximate surface area is 634 Å². The fourth-order valence-corrected chi connectivity index (χ4v) is 13.3. The van der Waals surface area contributed by atoms with Gasteiger partial charge in [-0.05, 0) is 96.3 Å². The lowest BCUT2D eigenvalue weighted by atomic mass is 10.0. The van der Waals surface area contributed by atoms with Crippen LogP contribution in [0.15, 0.2) is 72.9 Å². The molecule has 0 spiro atoms. The number of ether oxygens (including phenoxy) is 4. The van der Waals surface area contributed by atoms with Crippen molar-refractivity contribution in [3.05, 3.63) is 72.9 Å². The Morgan fingerprint density at radius 2 is 0.481 bits per heavy atom. The van der Waals surface area contributed by atoms with Crippen LogP contribution in [0.25, 0.3) is 0 Å². The Morgan fingerprint density at radius 1 is 0.269 bits per heavy atom. The predicted molar refractivity (Wildman–Crippen MR) is 427 cm³/mol. The standard InChI is InChI=1S/C85H154O17P2/c1-5-9-13-17-21-25-29-33-37-39-43-46-50-54-58-62-66-70-83(88)96-76-81(102-85(90)72-68-64-60-56-52-48-44-40-38-34-30-26-22-18-14-10-6-2)78-100-104(93,94)98-74-79(86)73-97-103(91,92)99-77-80(101-84(89)71-67-63-59-55-51-47-42-36-32-28-24-20-16-12-8-4)75-95-82(87)69-65-61-57-53-49-45-41-35-31-27-23-19-15-11-7-3/h21,24-25,28,33,36-37,42-43,46,54,58,79-81,86H,5-20,22-23,26-27,29-32,34-35,38-41,44-45,47-53,55-57,59-78H2,1-4H3,(H,91,92)(H,93,94)/b25-21-,28-24-,37-33-,42-36-,46-43-,58-54-/t79-,80-,81-/m1/s1. The van der Waals surface area contributed by atoms with Gasteiger partial charge in [-0.1, -0.05) is 338 Å². The first kappa shape index (κ1) is 100. The van der Waals surface area contributed by atoms with Gasteiger partial charge in [-0.3, -0.25) is 37.3 Å². The van der Waals surface area contributed by atoms with Crippen LogP contribution in [0.1, 0.15) is 387 Å². The van der Waals surface area contributed by atoms with Crippen molar-refractivity contribution in [2.75, 3.05) is 39.6 Å². The summed E-state index contributed by atoms with van der Waals surface area (Å²) in [4.78, 5) is 73.1. The largest absolute Gasteiger partial charge is 0.472 e. The number of carbonyl (C=O) groups excluding carboxylic acids is 4. The first-order valence-electron chi connectivity index (χ1n) is 42.2. The van der Waals surface area contributed by atoms with Crippen LogP contribution in [0.3, 0.4) is 0 Å². The van der Waals surface area contributed by atoms with Crippen molar-refractivity contribution < 1.29 is 80.2 Å². The van der Waals surface area contributed by atoms with Gasteiger partial charge in [0.15, 0.2) is 12.2 Å². The highest BCUT2D eigenvalue weighted by Crippen LogP contribution is 2.45. The average molecular weight is 1510 g/mol. The minimum absolute atomic E-state index is 0.0825. The van der Waals surface area contributed by atoms with Crippen molar-refractivity contribution in [3.8, 4) is 0 Å². The summed E-state index contributed by atoms with van der Waals surface area (Å²) in [7, 11) is -9.96. The molecular weight excluding hydrogens is 1350 g/mol. The third-order valence-electron chi connectivity index (χ3n) is 18.2. The molecule has 0 aliphatic rings. The number of unbranched alkanes of at least 4 members (excludes halogenated alkanes) is 42. The van der Waals surface area contributed by atoms with Crippen LogP contribution in [-0.4, -0.2) is 96.7 Å². The lowest BCUT2D eigenvalue weighted by molar-refractivity contribution is -0.161. The maximum Gasteiger partial charge on any atom is 0.472 e. The van der Waals surface area contributed by atoms with Crippen LogP contribution in [-0.2, 0) is 65.4 Å².